The van der Waals surface area contributed by atoms with Gasteiger partial charge in [-0.3, -0.25) is 4.79 Å². The molecular formula is C13H17NO4S. The van der Waals surface area contributed by atoms with Crippen LogP contribution < -0.4 is 4.90 Å². The van der Waals surface area contributed by atoms with Crippen molar-refractivity contribution in [2.45, 2.75) is 31.8 Å². The minimum Gasteiger partial charge on any atom is -0.467 e. The number of fused-ring (bicyclic) bond motifs is 1. The number of thiophene rings is 1. The second-order valence-electron chi connectivity index (χ2n) is 4.83. The third kappa shape index (κ3) is 2.79. The Balaban J connectivity index is 2.28. The van der Waals surface area contributed by atoms with Crippen molar-refractivity contribution >= 4 is 28.9 Å². The van der Waals surface area contributed by atoms with E-state index in [1.54, 1.807) is 11.3 Å². The smallest absolute Gasteiger partial charge is 0.339 e. The van der Waals surface area contributed by atoms with Crippen molar-refractivity contribution in [2.24, 2.45) is 0 Å². The van der Waals surface area contributed by atoms with E-state index in [-0.39, 0.29) is 12.5 Å². The van der Waals surface area contributed by atoms with Crippen LogP contribution in [0, 0.1) is 0 Å². The summed E-state index contributed by atoms with van der Waals surface area (Å²) in [6.07, 6.45) is 2.08. The Kier molecular flexibility index (Phi) is 3.91. The van der Waals surface area contributed by atoms with E-state index in [2.05, 4.69) is 4.74 Å². The van der Waals surface area contributed by atoms with E-state index >= 15 is 0 Å². The van der Waals surface area contributed by atoms with E-state index in [0.29, 0.717) is 6.42 Å². The van der Waals surface area contributed by atoms with Crippen LogP contribution >= 0.6 is 11.3 Å². The molecule has 1 aliphatic heterocycles. The van der Waals surface area contributed by atoms with E-state index < -0.39 is 11.6 Å². The van der Waals surface area contributed by atoms with Crippen LogP contribution in [0.25, 0.3) is 0 Å². The number of esters is 1. The van der Waals surface area contributed by atoms with E-state index in [1.165, 1.54) is 18.9 Å². The number of amides is 1. The number of ether oxygens (including phenoxy) is 1. The van der Waals surface area contributed by atoms with Gasteiger partial charge in [-0.2, -0.15) is 0 Å². The summed E-state index contributed by atoms with van der Waals surface area (Å²) in [7, 11) is 1.22. The zero-order valence-corrected chi connectivity index (χ0v) is 11.8. The van der Waals surface area contributed by atoms with Gasteiger partial charge in [0.25, 0.3) is 0 Å². The van der Waals surface area contributed by atoms with Gasteiger partial charge in [-0.1, -0.05) is 0 Å². The molecule has 2 heterocycles. The highest BCUT2D eigenvalue weighted by Crippen LogP contribution is 2.32. The molecule has 1 aromatic rings. The number of hydrogen-bond acceptors (Lipinski definition) is 5. The molecule has 1 atom stereocenters. The molecule has 5 nitrogen and oxygen atoms in total. The van der Waals surface area contributed by atoms with Crippen molar-refractivity contribution in [3.05, 3.63) is 16.3 Å². The molecule has 1 N–H and O–H groups in total. The van der Waals surface area contributed by atoms with Crippen molar-refractivity contribution < 1.29 is 19.4 Å². The van der Waals surface area contributed by atoms with Crippen LogP contribution in [0.15, 0.2) is 11.4 Å². The summed E-state index contributed by atoms with van der Waals surface area (Å²) in [5, 5.41) is 12.1. The maximum Gasteiger partial charge on any atom is 0.339 e. The zero-order chi connectivity index (χ0) is 14.0. The monoisotopic (exact) mass is 283 g/mol. The highest BCUT2D eigenvalue weighted by Gasteiger charge is 2.37. The number of aryl methyl sites for hydroxylation is 1. The van der Waals surface area contributed by atoms with E-state index in [4.69, 9.17) is 0 Å². The number of rotatable bonds is 3. The minimum atomic E-state index is -1.70. The lowest BCUT2D eigenvalue weighted by Gasteiger charge is -2.29. The lowest BCUT2D eigenvalue weighted by molar-refractivity contribution is -0.159. The standard InChI is InChI=1S/C13H17NO4S/c1-13(17,12(16)18-2)8-14-9-6-7-19-10(9)4-3-5-11(14)15/h6-7,17H,3-5,8H2,1-2H3. The van der Waals surface area contributed by atoms with Crippen LogP contribution in [0.4, 0.5) is 5.69 Å². The average Bonchev–Trinajstić information content (AvgIpc) is 2.77. The maximum atomic E-state index is 12.1. The van der Waals surface area contributed by atoms with Crippen molar-refractivity contribution in [1.82, 2.24) is 0 Å². The Labute approximate surface area is 115 Å². The van der Waals surface area contributed by atoms with Gasteiger partial charge in [0.05, 0.1) is 19.3 Å². The fraction of sp³-hybridized carbons (Fsp3) is 0.538. The normalized spacial score (nSPS) is 18.5. The van der Waals surface area contributed by atoms with Gasteiger partial charge in [-0.25, -0.2) is 4.79 Å². The Bertz CT molecular complexity index is 495. The number of carbonyl (C=O) groups excluding carboxylic acids is 2. The van der Waals surface area contributed by atoms with Crippen LogP contribution in [-0.2, 0) is 20.7 Å². The summed E-state index contributed by atoms with van der Waals surface area (Å²) in [6, 6.07) is 1.86. The summed E-state index contributed by atoms with van der Waals surface area (Å²) in [6.45, 7) is 1.28. The van der Waals surface area contributed by atoms with Crippen LogP contribution in [0.3, 0.4) is 0 Å². The van der Waals surface area contributed by atoms with E-state index in [1.807, 2.05) is 11.4 Å². The molecule has 0 saturated carbocycles. The number of carbonyl (C=O) groups is 2. The van der Waals surface area contributed by atoms with Gasteiger partial charge in [0.2, 0.25) is 5.91 Å². The second kappa shape index (κ2) is 5.30. The molecule has 0 aromatic carbocycles. The molecule has 19 heavy (non-hydrogen) atoms. The van der Waals surface area contributed by atoms with Gasteiger partial charge in [0, 0.05) is 11.3 Å². The van der Waals surface area contributed by atoms with E-state index in [0.717, 1.165) is 23.4 Å². The van der Waals surface area contributed by atoms with Crippen LogP contribution in [0.2, 0.25) is 0 Å². The second-order valence-corrected chi connectivity index (χ2v) is 5.83. The quantitative estimate of drug-likeness (QED) is 0.850. The Hall–Kier alpha value is -1.40. The molecule has 0 spiro atoms. The Morgan fingerprint density at radius 3 is 3.00 bits per heavy atom. The summed E-state index contributed by atoms with van der Waals surface area (Å²) in [5.74, 6) is -0.803. The van der Waals surface area contributed by atoms with Gasteiger partial charge in [0.15, 0.2) is 5.60 Å². The van der Waals surface area contributed by atoms with E-state index in [9.17, 15) is 14.7 Å². The van der Waals surface area contributed by atoms with Crippen LogP contribution in [0.5, 0.6) is 0 Å². The van der Waals surface area contributed by atoms with Gasteiger partial charge in [0.1, 0.15) is 0 Å². The molecule has 2 rings (SSSR count). The molecule has 104 valence electrons. The molecular weight excluding hydrogens is 266 g/mol. The van der Waals surface area contributed by atoms with Crippen molar-refractivity contribution in [3.8, 4) is 0 Å². The Morgan fingerprint density at radius 2 is 2.32 bits per heavy atom. The van der Waals surface area contributed by atoms with Crippen molar-refractivity contribution in [2.75, 3.05) is 18.6 Å². The summed E-state index contributed by atoms with van der Waals surface area (Å²) >= 11 is 1.59. The lowest BCUT2D eigenvalue weighted by atomic mass is 10.1. The number of aliphatic hydroxyl groups is 1. The molecule has 0 saturated heterocycles. The third-order valence-electron chi connectivity index (χ3n) is 3.20. The van der Waals surface area contributed by atoms with Crippen molar-refractivity contribution in [1.29, 1.82) is 0 Å². The van der Waals surface area contributed by atoms with Gasteiger partial charge >= 0.3 is 5.97 Å². The highest BCUT2D eigenvalue weighted by molar-refractivity contribution is 7.10. The highest BCUT2D eigenvalue weighted by atomic mass is 32.1. The van der Waals surface area contributed by atoms with Gasteiger partial charge in [-0.05, 0) is 31.2 Å². The fourth-order valence-electron chi connectivity index (χ4n) is 2.20. The van der Waals surface area contributed by atoms with Crippen LogP contribution in [-0.4, -0.2) is 36.2 Å². The maximum absolute atomic E-state index is 12.1. The molecule has 1 unspecified atom stereocenters. The zero-order valence-electron chi connectivity index (χ0n) is 11.0. The third-order valence-corrected chi connectivity index (χ3v) is 4.17. The molecule has 0 aliphatic carbocycles. The predicted molar refractivity (Wildman–Crippen MR) is 72.2 cm³/mol. The first-order valence-electron chi connectivity index (χ1n) is 6.13. The average molecular weight is 283 g/mol. The SMILES string of the molecule is COC(=O)C(C)(O)CN1C(=O)CCCc2sccc21. The minimum absolute atomic E-state index is 0.0682. The first-order chi connectivity index (χ1) is 8.95. The predicted octanol–water partition coefficient (Wildman–Crippen LogP) is 1.34. The number of hydrogen-bond donors (Lipinski definition) is 1. The summed E-state index contributed by atoms with van der Waals surface area (Å²) < 4.78 is 4.57. The molecule has 1 aliphatic rings. The van der Waals surface area contributed by atoms with Gasteiger partial charge in [-0.15, -0.1) is 11.3 Å². The van der Waals surface area contributed by atoms with Crippen molar-refractivity contribution in [3.63, 3.8) is 0 Å². The number of β-amino-alcohol motifs (C(OH)–C–C–N with tert-alkyl or cyclic N) is 1. The first kappa shape index (κ1) is 14.0. The Morgan fingerprint density at radius 1 is 1.58 bits per heavy atom. The summed E-state index contributed by atoms with van der Waals surface area (Å²) in [4.78, 5) is 26.3. The van der Waals surface area contributed by atoms with Gasteiger partial charge < -0.3 is 14.7 Å². The molecule has 1 aromatic heterocycles. The molecule has 0 bridgehead atoms. The summed E-state index contributed by atoms with van der Waals surface area (Å²) in [5.41, 5.74) is -0.898. The fourth-order valence-corrected chi connectivity index (χ4v) is 3.12. The number of anilines is 1. The largest absolute Gasteiger partial charge is 0.467 e. The lowest BCUT2D eigenvalue weighted by Crippen LogP contribution is -2.49. The molecule has 6 heteroatoms. The molecule has 1 amide bonds. The molecule has 0 fully saturated rings. The first-order valence-corrected chi connectivity index (χ1v) is 7.01. The topological polar surface area (TPSA) is 66.8 Å². The number of methoxy groups -OCH3 is 1. The number of nitrogens with zero attached hydrogens (tertiary/aromatic N) is 1. The van der Waals surface area contributed by atoms with Crippen LogP contribution in [0.1, 0.15) is 24.6 Å². The molecule has 0 radical (unpaired) electrons.